The summed E-state index contributed by atoms with van der Waals surface area (Å²) in [6.45, 7) is 3.64. The molecule has 0 spiro atoms. The molecule has 1 saturated heterocycles. The Labute approximate surface area is 132 Å². The third kappa shape index (κ3) is 2.90. The van der Waals surface area contributed by atoms with E-state index in [1.165, 1.54) is 5.56 Å². The van der Waals surface area contributed by atoms with Crippen LogP contribution in [0.1, 0.15) is 28.8 Å². The number of fused-ring (bicyclic) bond motifs is 1. The smallest absolute Gasteiger partial charge is 0.253 e. The van der Waals surface area contributed by atoms with Crippen LogP contribution >= 0.6 is 0 Å². The molecular weight excluding hydrogens is 276 g/mol. The van der Waals surface area contributed by atoms with Crippen molar-refractivity contribution in [1.82, 2.24) is 9.80 Å². The van der Waals surface area contributed by atoms with Gasteiger partial charge in [-0.2, -0.15) is 0 Å². The second-order valence-corrected chi connectivity index (χ2v) is 7.17. The summed E-state index contributed by atoms with van der Waals surface area (Å²) in [5.74, 6) is 1.09. The molecule has 1 N–H and O–H groups in total. The number of likely N-dealkylation sites (N-methyl/N-ethyl adjacent to an activating group) is 1. The molecule has 2 fully saturated rings. The lowest BCUT2D eigenvalue weighted by Crippen LogP contribution is -2.46. The van der Waals surface area contributed by atoms with Crippen molar-refractivity contribution in [2.24, 2.45) is 11.8 Å². The maximum absolute atomic E-state index is 12.7. The first-order valence-corrected chi connectivity index (χ1v) is 8.16. The van der Waals surface area contributed by atoms with Crippen LogP contribution in [0.3, 0.4) is 0 Å². The van der Waals surface area contributed by atoms with Crippen molar-refractivity contribution in [3.63, 3.8) is 0 Å². The van der Waals surface area contributed by atoms with Crippen LogP contribution < -0.4 is 0 Å². The quantitative estimate of drug-likeness (QED) is 0.905. The third-order valence-corrected chi connectivity index (χ3v) is 5.36. The molecule has 120 valence electrons. The molecule has 1 aromatic rings. The molecule has 4 nitrogen and oxygen atoms in total. The number of aliphatic hydroxyl groups is 1. The van der Waals surface area contributed by atoms with Gasteiger partial charge in [-0.1, -0.05) is 17.7 Å². The highest BCUT2D eigenvalue weighted by atomic mass is 16.3. The zero-order valence-electron chi connectivity index (χ0n) is 13.7. The summed E-state index contributed by atoms with van der Waals surface area (Å²) in [6.07, 6.45) is 1.52. The number of carbonyl (C=O) groups excluding carboxylic acids is 1. The molecule has 1 heterocycles. The molecule has 1 aliphatic carbocycles. The molecule has 1 aliphatic heterocycles. The number of aryl methyl sites for hydroxylation is 1. The van der Waals surface area contributed by atoms with Crippen LogP contribution in [0.4, 0.5) is 0 Å². The highest BCUT2D eigenvalue weighted by molar-refractivity contribution is 5.94. The molecule has 1 amide bonds. The first-order chi connectivity index (χ1) is 10.5. The van der Waals surface area contributed by atoms with Gasteiger partial charge in [-0.15, -0.1) is 0 Å². The standard InChI is InChI=1S/C18H26N2O2/c1-12-4-6-13(7-5-12)18(22)20-10-14-8-16(19(2)3)17(21)9-15(14)11-20/h4-7,14-17,21H,8-11H2,1-3H3/t14-,15+,16-,17-/m1/s1. The van der Waals surface area contributed by atoms with E-state index in [1.807, 2.05) is 50.2 Å². The number of rotatable bonds is 2. The van der Waals surface area contributed by atoms with Crippen molar-refractivity contribution in [2.75, 3.05) is 27.2 Å². The van der Waals surface area contributed by atoms with Crippen LogP contribution in [-0.2, 0) is 0 Å². The molecule has 0 bridgehead atoms. The molecule has 1 saturated carbocycles. The van der Waals surface area contributed by atoms with Gasteiger partial charge in [0.15, 0.2) is 0 Å². The Morgan fingerprint density at radius 1 is 1.14 bits per heavy atom. The number of hydrogen-bond acceptors (Lipinski definition) is 3. The molecule has 0 unspecified atom stereocenters. The fraction of sp³-hybridized carbons (Fsp3) is 0.611. The minimum absolute atomic E-state index is 0.130. The van der Waals surface area contributed by atoms with Gasteiger partial charge < -0.3 is 14.9 Å². The topological polar surface area (TPSA) is 43.8 Å². The van der Waals surface area contributed by atoms with E-state index >= 15 is 0 Å². The monoisotopic (exact) mass is 302 g/mol. The molecule has 4 heteroatoms. The van der Waals surface area contributed by atoms with Gasteiger partial charge in [-0.25, -0.2) is 0 Å². The van der Waals surface area contributed by atoms with E-state index < -0.39 is 0 Å². The minimum Gasteiger partial charge on any atom is -0.391 e. The Morgan fingerprint density at radius 2 is 1.73 bits per heavy atom. The van der Waals surface area contributed by atoms with Crippen LogP contribution in [0.15, 0.2) is 24.3 Å². The Morgan fingerprint density at radius 3 is 2.32 bits per heavy atom. The molecule has 4 atom stereocenters. The minimum atomic E-state index is -0.273. The Kier molecular flexibility index (Phi) is 4.24. The van der Waals surface area contributed by atoms with Gasteiger partial charge in [0.05, 0.1) is 6.10 Å². The molecule has 2 aliphatic rings. The van der Waals surface area contributed by atoms with E-state index in [1.54, 1.807) is 0 Å². The van der Waals surface area contributed by atoms with Crippen molar-refractivity contribution in [1.29, 1.82) is 0 Å². The number of nitrogens with zero attached hydrogens (tertiary/aromatic N) is 2. The average molecular weight is 302 g/mol. The van der Waals surface area contributed by atoms with Crippen molar-refractivity contribution in [3.05, 3.63) is 35.4 Å². The number of aliphatic hydroxyl groups excluding tert-OH is 1. The fourth-order valence-electron chi connectivity index (χ4n) is 4.01. The summed E-state index contributed by atoms with van der Waals surface area (Å²) < 4.78 is 0. The van der Waals surface area contributed by atoms with Gasteiger partial charge >= 0.3 is 0 Å². The summed E-state index contributed by atoms with van der Waals surface area (Å²) in [6, 6.07) is 8.02. The van der Waals surface area contributed by atoms with Crippen LogP contribution in [0.5, 0.6) is 0 Å². The molecule has 3 rings (SSSR count). The first kappa shape index (κ1) is 15.5. The second-order valence-electron chi connectivity index (χ2n) is 7.17. The molecular formula is C18H26N2O2. The van der Waals surface area contributed by atoms with Crippen LogP contribution in [0, 0.1) is 18.8 Å². The maximum atomic E-state index is 12.7. The fourth-order valence-corrected chi connectivity index (χ4v) is 4.01. The number of hydrogen-bond donors (Lipinski definition) is 1. The third-order valence-electron chi connectivity index (χ3n) is 5.36. The predicted molar refractivity (Wildman–Crippen MR) is 86.8 cm³/mol. The van der Waals surface area contributed by atoms with E-state index in [0.717, 1.165) is 31.5 Å². The predicted octanol–water partition coefficient (Wildman–Crippen LogP) is 1.77. The SMILES string of the molecule is Cc1ccc(C(=O)N2C[C@H]3C[C@@H](N(C)C)[C@H](O)C[C@H]3C2)cc1. The van der Waals surface area contributed by atoms with Gasteiger partial charge in [0.1, 0.15) is 0 Å². The number of likely N-dealkylation sites (tertiary alicyclic amines) is 1. The summed E-state index contributed by atoms with van der Waals surface area (Å²) in [4.78, 5) is 16.7. The lowest BCUT2D eigenvalue weighted by atomic mass is 9.77. The number of benzene rings is 1. The molecule has 0 radical (unpaired) electrons. The number of amides is 1. The normalized spacial score (nSPS) is 31.4. The second kappa shape index (κ2) is 6.01. The van der Waals surface area contributed by atoms with Gasteiger partial charge in [0, 0.05) is 24.7 Å². The van der Waals surface area contributed by atoms with Crippen LogP contribution in [0.25, 0.3) is 0 Å². The van der Waals surface area contributed by atoms with E-state index in [-0.39, 0.29) is 18.1 Å². The Balaban J connectivity index is 1.69. The summed E-state index contributed by atoms with van der Waals surface area (Å²) in [5, 5.41) is 10.3. The van der Waals surface area contributed by atoms with E-state index in [0.29, 0.717) is 11.8 Å². The summed E-state index contributed by atoms with van der Waals surface area (Å²) >= 11 is 0. The zero-order chi connectivity index (χ0) is 15.9. The maximum Gasteiger partial charge on any atom is 0.253 e. The highest BCUT2D eigenvalue weighted by Gasteiger charge is 2.43. The van der Waals surface area contributed by atoms with Gasteiger partial charge in [-0.05, 0) is 57.8 Å². The zero-order valence-corrected chi connectivity index (χ0v) is 13.7. The Hall–Kier alpha value is -1.39. The van der Waals surface area contributed by atoms with Crippen molar-refractivity contribution >= 4 is 5.91 Å². The number of carbonyl (C=O) groups is 1. The van der Waals surface area contributed by atoms with Crippen molar-refractivity contribution in [2.45, 2.75) is 31.9 Å². The summed E-state index contributed by atoms with van der Waals surface area (Å²) in [5.41, 5.74) is 1.94. The van der Waals surface area contributed by atoms with Crippen LogP contribution in [-0.4, -0.2) is 60.1 Å². The largest absolute Gasteiger partial charge is 0.391 e. The van der Waals surface area contributed by atoms with E-state index in [2.05, 4.69) is 4.90 Å². The van der Waals surface area contributed by atoms with Gasteiger partial charge in [0.2, 0.25) is 0 Å². The molecule has 0 aromatic heterocycles. The van der Waals surface area contributed by atoms with Gasteiger partial charge in [0.25, 0.3) is 5.91 Å². The van der Waals surface area contributed by atoms with Crippen molar-refractivity contribution < 1.29 is 9.90 Å². The molecule has 22 heavy (non-hydrogen) atoms. The van der Waals surface area contributed by atoms with Crippen molar-refractivity contribution in [3.8, 4) is 0 Å². The van der Waals surface area contributed by atoms with E-state index in [4.69, 9.17) is 0 Å². The Bertz CT molecular complexity index is 541. The lowest BCUT2D eigenvalue weighted by Gasteiger charge is -2.38. The highest BCUT2D eigenvalue weighted by Crippen LogP contribution is 2.38. The average Bonchev–Trinajstić information content (AvgIpc) is 2.89. The van der Waals surface area contributed by atoms with E-state index in [9.17, 15) is 9.90 Å². The summed E-state index contributed by atoms with van der Waals surface area (Å²) in [7, 11) is 4.05. The van der Waals surface area contributed by atoms with Crippen LogP contribution in [0.2, 0.25) is 0 Å². The van der Waals surface area contributed by atoms with Gasteiger partial charge in [-0.3, -0.25) is 4.79 Å². The molecule has 1 aromatic carbocycles. The first-order valence-electron chi connectivity index (χ1n) is 8.16. The lowest BCUT2D eigenvalue weighted by molar-refractivity contribution is 0.00940.